The SMILES string of the molecule is COC(=O)C(=O)Nc1ccc(-c2ccc(O)c3c2C[C@H]2C[C@H]4CC(=O)C(C(N)=O)=C(O)[C@@]4(O)C(=O)C2=C3O)cc1. The standard InChI is InChI=1S/C28H24N2O10/c1-40-27(38)26(37)30-14-4-2-11(3-5-14)15-6-7-17(31)20-16(15)9-12-8-13-10-18(32)21(25(29)36)24(35)28(13,39)23(34)19(12)22(20)33/h2-7,12-13,31,33,35,39H,8-10H2,1H3,(H2,29,36)(H,30,37)/t12-,13+,28+/m1/s1. The number of benzene rings is 2. The maximum Gasteiger partial charge on any atom is 0.396 e. The number of esters is 1. The van der Waals surface area contributed by atoms with Crippen LogP contribution in [-0.4, -0.2) is 62.5 Å². The molecular formula is C28H24N2O10. The third kappa shape index (κ3) is 3.83. The van der Waals surface area contributed by atoms with Gasteiger partial charge in [-0.1, -0.05) is 18.2 Å². The van der Waals surface area contributed by atoms with Crippen molar-refractivity contribution in [3.05, 3.63) is 64.4 Å². The van der Waals surface area contributed by atoms with E-state index in [4.69, 9.17) is 5.73 Å². The zero-order valence-electron chi connectivity index (χ0n) is 21.1. The summed E-state index contributed by atoms with van der Waals surface area (Å²) in [6.45, 7) is 0. The Hall–Kier alpha value is -4.97. The van der Waals surface area contributed by atoms with E-state index in [0.29, 0.717) is 22.4 Å². The van der Waals surface area contributed by atoms with Crippen molar-refractivity contribution in [3.63, 3.8) is 0 Å². The highest BCUT2D eigenvalue weighted by Gasteiger charge is 2.60. The molecule has 1 saturated carbocycles. The van der Waals surface area contributed by atoms with Crippen molar-refractivity contribution in [3.8, 4) is 16.9 Å². The maximum atomic E-state index is 13.6. The number of primary amides is 1. The molecule has 12 heteroatoms. The Morgan fingerprint density at radius 3 is 2.33 bits per heavy atom. The van der Waals surface area contributed by atoms with Crippen LogP contribution in [0.5, 0.6) is 5.75 Å². The van der Waals surface area contributed by atoms with Crippen LogP contribution in [0.3, 0.4) is 0 Å². The molecule has 1 fully saturated rings. The molecular weight excluding hydrogens is 524 g/mol. The molecule has 0 aromatic heterocycles. The number of amides is 2. The smallest absolute Gasteiger partial charge is 0.396 e. The number of fused-ring (bicyclic) bond motifs is 3. The van der Waals surface area contributed by atoms with E-state index >= 15 is 0 Å². The number of aromatic hydroxyl groups is 1. The van der Waals surface area contributed by atoms with Gasteiger partial charge < -0.3 is 36.2 Å². The number of aliphatic hydroxyl groups excluding tert-OH is 2. The van der Waals surface area contributed by atoms with Crippen molar-refractivity contribution in [1.82, 2.24) is 0 Å². The molecule has 0 radical (unpaired) electrons. The molecule has 7 N–H and O–H groups in total. The van der Waals surface area contributed by atoms with Gasteiger partial charge in [-0.15, -0.1) is 0 Å². The van der Waals surface area contributed by atoms with Crippen LogP contribution in [0.15, 0.2) is 53.3 Å². The third-order valence-electron chi connectivity index (χ3n) is 7.77. The van der Waals surface area contributed by atoms with Crippen molar-refractivity contribution in [2.75, 3.05) is 12.4 Å². The van der Waals surface area contributed by atoms with Gasteiger partial charge in [0.15, 0.2) is 11.4 Å². The second-order valence-corrected chi connectivity index (χ2v) is 9.92. The summed E-state index contributed by atoms with van der Waals surface area (Å²) in [4.78, 5) is 61.1. The molecule has 0 spiro atoms. The molecule has 2 aromatic carbocycles. The highest BCUT2D eigenvalue weighted by molar-refractivity contribution is 6.37. The number of methoxy groups -OCH3 is 1. The van der Waals surface area contributed by atoms with E-state index in [1.165, 1.54) is 6.07 Å². The summed E-state index contributed by atoms with van der Waals surface area (Å²) >= 11 is 0. The van der Waals surface area contributed by atoms with Crippen molar-refractivity contribution >= 4 is 40.8 Å². The fraction of sp³-hybridized carbons (Fsp3) is 0.250. The molecule has 3 aliphatic rings. The van der Waals surface area contributed by atoms with Crippen molar-refractivity contribution in [2.45, 2.75) is 24.9 Å². The molecule has 5 rings (SSSR count). The minimum Gasteiger partial charge on any atom is -0.508 e. The van der Waals surface area contributed by atoms with Crippen LogP contribution < -0.4 is 11.1 Å². The number of rotatable bonds is 3. The molecule has 2 amide bonds. The number of phenolic OH excluding ortho intramolecular Hbond substituents is 1. The van der Waals surface area contributed by atoms with Gasteiger partial charge in [0, 0.05) is 23.6 Å². The lowest BCUT2D eigenvalue weighted by molar-refractivity contribution is -0.150. The van der Waals surface area contributed by atoms with Gasteiger partial charge in [0.1, 0.15) is 22.8 Å². The number of carbonyl (C=O) groups is 5. The Balaban J connectivity index is 1.57. The molecule has 206 valence electrons. The van der Waals surface area contributed by atoms with Gasteiger partial charge >= 0.3 is 11.9 Å². The average molecular weight is 549 g/mol. The predicted octanol–water partition coefficient (Wildman–Crippen LogP) is 1.20. The van der Waals surface area contributed by atoms with Gasteiger partial charge in [0.2, 0.25) is 5.78 Å². The van der Waals surface area contributed by atoms with E-state index < -0.39 is 70.3 Å². The predicted molar refractivity (Wildman–Crippen MR) is 137 cm³/mol. The second kappa shape index (κ2) is 9.35. The quantitative estimate of drug-likeness (QED) is 0.183. The lowest BCUT2D eigenvalue weighted by Gasteiger charge is -2.46. The minimum atomic E-state index is -2.63. The highest BCUT2D eigenvalue weighted by atomic mass is 16.5. The zero-order chi connectivity index (χ0) is 29.1. The normalized spacial score (nSPS) is 23.6. The molecule has 3 aliphatic carbocycles. The molecule has 0 aliphatic heterocycles. The number of phenols is 1. The summed E-state index contributed by atoms with van der Waals surface area (Å²) in [6.07, 6.45) is -0.261. The molecule has 0 heterocycles. The Bertz CT molecular complexity index is 1590. The number of Topliss-reactive ketones (excluding diaryl/α,β-unsaturated/α-hetero) is 2. The second-order valence-electron chi connectivity index (χ2n) is 9.92. The largest absolute Gasteiger partial charge is 0.508 e. The van der Waals surface area contributed by atoms with Gasteiger partial charge in [-0.25, -0.2) is 4.79 Å². The molecule has 0 unspecified atom stereocenters. The Kier molecular flexibility index (Phi) is 6.22. The van der Waals surface area contributed by atoms with E-state index in [1.807, 2.05) is 0 Å². The Morgan fingerprint density at radius 2 is 1.70 bits per heavy atom. The summed E-state index contributed by atoms with van der Waals surface area (Å²) in [5.74, 6) is -8.96. The summed E-state index contributed by atoms with van der Waals surface area (Å²) in [7, 11) is 1.08. The van der Waals surface area contributed by atoms with Crippen LogP contribution >= 0.6 is 0 Å². The number of carbonyl (C=O) groups excluding carboxylic acids is 5. The number of hydrogen-bond donors (Lipinski definition) is 6. The maximum absolute atomic E-state index is 13.6. The van der Waals surface area contributed by atoms with Gasteiger partial charge in [-0.05, 0) is 53.6 Å². The average Bonchev–Trinajstić information content (AvgIpc) is 2.90. The topological polar surface area (TPSA) is 214 Å². The fourth-order valence-electron chi connectivity index (χ4n) is 5.90. The Morgan fingerprint density at radius 1 is 1.02 bits per heavy atom. The van der Waals surface area contributed by atoms with E-state index in [1.54, 1.807) is 30.3 Å². The molecule has 0 bridgehead atoms. The number of nitrogens with one attached hydrogen (secondary N) is 1. The zero-order valence-corrected chi connectivity index (χ0v) is 21.1. The summed E-state index contributed by atoms with van der Waals surface area (Å²) in [6, 6.07) is 9.33. The number of nitrogens with two attached hydrogens (primary N) is 1. The summed E-state index contributed by atoms with van der Waals surface area (Å²) < 4.78 is 4.38. The summed E-state index contributed by atoms with van der Waals surface area (Å²) in [5, 5.41) is 46.3. The first-order valence-corrected chi connectivity index (χ1v) is 12.2. The van der Waals surface area contributed by atoms with E-state index in [0.717, 1.165) is 7.11 Å². The van der Waals surface area contributed by atoms with E-state index in [2.05, 4.69) is 10.1 Å². The summed E-state index contributed by atoms with van der Waals surface area (Å²) in [5.41, 5.74) is 3.49. The van der Waals surface area contributed by atoms with Crippen molar-refractivity contribution in [2.24, 2.45) is 17.6 Å². The Labute approximate surface area is 226 Å². The first-order chi connectivity index (χ1) is 18.9. The van der Waals surface area contributed by atoms with Gasteiger partial charge in [-0.2, -0.15) is 0 Å². The first-order valence-electron chi connectivity index (χ1n) is 12.2. The lowest BCUT2D eigenvalue weighted by Crippen LogP contribution is -2.58. The number of ketones is 2. The van der Waals surface area contributed by atoms with Crippen LogP contribution in [0.2, 0.25) is 0 Å². The fourth-order valence-corrected chi connectivity index (χ4v) is 5.90. The van der Waals surface area contributed by atoms with Crippen LogP contribution in [-0.2, 0) is 35.1 Å². The van der Waals surface area contributed by atoms with Crippen LogP contribution in [0.1, 0.15) is 24.0 Å². The molecule has 12 nitrogen and oxygen atoms in total. The minimum absolute atomic E-state index is 0.0104. The van der Waals surface area contributed by atoms with Crippen molar-refractivity contribution < 1.29 is 49.1 Å². The monoisotopic (exact) mass is 548 g/mol. The number of ether oxygens (including phenoxy) is 1. The van der Waals surface area contributed by atoms with Crippen LogP contribution in [0, 0.1) is 11.8 Å². The molecule has 0 saturated heterocycles. The van der Waals surface area contributed by atoms with Gasteiger partial charge in [-0.3, -0.25) is 19.2 Å². The number of aliphatic hydroxyl groups is 3. The number of anilines is 1. The van der Waals surface area contributed by atoms with Gasteiger partial charge in [0.25, 0.3) is 5.91 Å². The highest BCUT2D eigenvalue weighted by Crippen LogP contribution is 2.53. The van der Waals surface area contributed by atoms with Crippen LogP contribution in [0.25, 0.3) is 16.9 Å². The van der Waals surface area contributed by atoms with Crippen LogP contribution in [0.4, 0.5) is 5.69 Å². The van der Waals surface area contributed by atoms with E-state index in [-0.39, 0.29) is 29.7 Å². The first kappa shape index (κ1) is 26.6. The third-order valence-corrected chi connectivity index (χ3v) is 7.77. The lowest BCUT2D eigenvalue weighted by atomic mass is 9.59. The molecule has 40 heavy (non-hydrogen) atoms. The molecule has 2 aromatic rings. The number of hydrogen-bond acceptors (Lipinski definition) is 10. The van der Waals surface area contributed by atoms with E-state index in [9.17, 15) is 44.4 Å². The van der Waals surface area contributed by atoms with Crippen molar-refractivity contribution in [1.29, 1.82) is 0 Å². The molecule has 3 atom stereocenters. The van der Waals surface area contributed by atoms with Gasteiger partial charge in [0.05, 0.1) is 12.7 Å².